The van der Waals surface area contributed by atoms with E-state index in [1.54, 1.807) is 55.6 Å². The van der Waals surface area contributed by atoms with Crippen molar-refractivity contribution in [3.63, 3.8) is 0 Å². The van der Waals surface area contributed by atoms with E-state index >= 15 is 0 Å². The molecule has 0 saturated carbocycles. The summed E-state index contributed by atoms with van der Waals surface area (Å²) in [5, 5.41) is 11.6. The summed E-state index contributed by atoms with van der Waals surface area (Å²) in [6.45, 7) is 2.33. The Kier molecular flexibility index (Phi) is 6.06. The van der Waals surface area contributed by atoms with Crippen molar-refractivity contribution < 1.29 is 17.9 Å². The van der Waals surface area contributed by atoms with Gasteiger partial charge >= 0.3 is 6.18 Å². The highest BCUT2D eigenvalue weighted by atomic mass is 19.4. The Morgan fingerprint density at radius 2 is 1.77 bits per heavy atom. The van der Waals surface area contributed by atoms with Gasteiger partial charge in [-0.05, 0) is 55.5 Å². The van der Waals surface area contributed by atoms with Gasteiger partial charge in [-0.15, -0.1) is 0 Å². The molecule has 9 heteroatoms. The van der Waals surface area contributed by atoms with Crippen LogP contribution >= 0.6 is 0 Å². The zero-order valence-corrected chi connectivity index (χ0v) is 16.2. The highest BCUT2D eigenvalue weighted by Crippen LogP contribution is 2.36. The van der Waals surface area contributed by atoms with Gasteiger partial charge in [-0.2, -0.15) is 23.4 Å². The number of hydrogen-bond acceptors (Lipinski definition) is 6. The number of ether oxygens (including phenoxy) is 1. The van der Waals surface area contributed by atoms with Crippen LogP contribution in [0.15, 0.2) is 54.7 Å². The molecule has 0 aliphatic rings. The topological polar surface area (TPSA) is 74.1 Å². The summed E-state index contributed by atoms with van der Waals surface area (Å²) >= 11 is 0. The van der Waals surface area contributed by atoms with Crippen molar-refractivity contribution >= 4 is 23.1 Å². The normalized spacial score (nSPS) is 10.9. The molecule has 1 aromatic heterocycles. The van der Waals surface area contributed by atoms with E-state index in [9.17, 15) is 13.2 Å². The van der Waals surface area contributed by atoms with Crippen molar-refractivity contribution in [3.05, 3.63) is 65.9 Å². The SMILES string of the molecule is CCOc1ccc(Nc2nc(N(C)c3ccc(C#N)cc3)ncc2C(F)(F)F)cc1. The molecule has 0 atom stereocenters. The lowest BCUT2D eigenvalue weighted by atomic mass is 10.2. The van der Waals surface area contributed by atoms with Gasteiger partial charge in [0.1, 0.15) is 17.1 Å². The van der Waals surface area contributed by atoms with Gasteiger partial charge in [0.2, 0.25) is 5.95 Å². The molecule has 0 fully saturated rings. The lowest BCUT2D eigenvalue weighted by Crippen LogP contribution is -2.17. The molecule has 1 N–H and O–H groups in total. The van der Waals surface area contributed by atoms with Crippen LogP contribution in [-0.4, -0.2) is 23.6 Å². The Bertz CT molecular complexity index is 1040. The van der Waals surface area contributed by atoms with Crippen LogP contribution in [0.5, 0.6) is 5.75 Å². The molecule has 0 unspecified atom stereocenters. The van der Waals surface area contributed by atoms with Crippen LogP contribution in [0.3, 0.4) is 0 Å². The van der Waals surface area contributed by atoms with Crippen LogP contribution in [0.1, 0.15) is 18.1 Å². The van der Waals surface area contributed by atoms with E-state index in [1.165, 1.54) is 4.90 Å². The van der Waals surface area contributed by atoms with Gasteiger partial charge in [0.25, 0.3) is 0 Å². The number of alkyl halides is 3. The fraction of sp³-hybridized carbons (Fsp3) is 0.190. The van der Waals surface area contributed by atoms with E-state index in [2.05, 4.69) is 15.3 Å². The number of halogens is 3. The maximum atomic E-state index is 13.5. The van der Waals surface area contributed by atoms with Crippen LogP contribution < -0.4 is 15.0 Å². The van der Waals surface area contributed by atoms with Crippen LogP contribution in [0.4, 0.5) is 36.3 Å². The quantitative estimate of drug-likeness (QED) is 0.593. The Morgan fingerprint density at radius 3 is 2.33 bits per heavy atom. The predicted octanol–water partition coefficient (Wildman–Crippen LogP) is 5.28. The third-order valence-corrected chi connectivity index (χ3v) is 4.19. The monoisotopic (exact) mass is 413 g/mol. The highest BCUT2D eigenvalue weighted by molar-refractivity contribution is 5.64. The molecule has 0 amide bonds. The fourth-order valence-corrected chi connectivity index (χ4v) is 2.65. The Hall–Kier alpha value is -3.80. The number of nitrogens with one attached hydrogen (secondary N) is 1. The van der Waals surface area contributed by atoms with Gasteiger partial charge in [0, 0.05) is 24.6 Å². The number of nitrogens with zero attached hydrogens (tertiary/aromatic N) is 4. The lowest BCUT2D eigenvalue weighted by Gasteiger charge is -2.20. The first-order chi connectivity index (χ1) is 14.3. The Labute approximate surface area is 171 Å². The molecule has 0 aliphatic carbocycles. The summed E-state index contributed by atoms with van der Waals surface area (Å²) in [4.78, 5) is 9.51. The minimum absolute atomic E-state index is 0.0705. The molecular weight excluding hydrogens is 395 g/mol. The maximum absolute atomic E-state index is 13.5. The van der Waals surface area contributed by atoms with Crippen molar-refractivity contribution in [2.45, 2.75) is 13.1 Å². The first kappa shape index (κ1) is 20.9. The van der Waals surface area contributed by atoms with Crippen molar-refractivity contribution in [1.29, 1.82) is 5.26 Å². The zero-order valence-electron chi connectivity index (χ0n) is 16.2. The van der Waals surface area contributed by atoms with Gasteiger partial charge in [-0.25, -0.2) is 4.98 Å². The summed E-state index contributed by atoms with van der Waals surface area (Å²) in [5.74, 6) is 0.321. The van der Waals surface area contributed by atoms with E-state index in [0.717, 1.165) is 6.20 Å². The van der Waals surface area contributed by atoms with Crippen LogP contribution in [0.25, 0.3) is 0 Å². The minimum atomic E-state index is -4.63. The molecule has 0 radical (unpaired) electrons. The number of aromatic nitrogens is 2. The van der Waals surface area contributed by atoms with Gasteiger partial charge in [-0.3, -0.25) is 0 Å². The average Bonchev–Trinajstić information content (AvgIpc) is 2.74. The minimum Gasteiger partial charge on any atom is -0.494 e. The second kappa shape index (κ2) is 8.69. The molecular formula is C21H18F3N5O. The molecule has 30 heavy (non-hydrogen) atoms. The van der Waals surface area contributed by atoms with E-state index < -0.39 is 11.7 Å². The van der Waals surface area contributed by atoms with Crippen molar-refractivity contribution in [3.8, 4) is 11.8 Å². The first-order valence-electron chi connectivity index (χ1n) is 9.00. The molecule has 2 aromatic carbocycles. The van der Waals surface area contributed by atoms with Gasteiger partial charge in [0.15, 0.2) is 0 Å². The van der Waals surface area contributed by atoms with Gasteiger partial charge in [0.05, 0.1) is 18.2 Å². The molecule has 0 saturated heterocycles. The number of benzene rings is 2. The predicted molar refractivity (Wildman–Crippen MR) is 107 cm³/mol. The smallest absolute Gasteiger partial charge is 0.421 e. The van der Waals surface area contributed by atoms with Crippen LogP contribution in [0.2, 0.25) is 0 Å². The van der Waals surface area contributed by atoms with E-state index in [-0.39, 0.29) is 11.8 Å². The second-order valence-corrected chi connectivity index (χ2v) is 6.23. The third-order valence-electron chi connectivity index (χ3n) is 4.19. The van der Waals surface area contributed by atoms with Crippen molar-refractivity contribution in [1.82, 2.24) is 9.97 Å². The number of nitriles is 1. The second-order valence-electron chi connectivity index (χ2n) is 6.23. The van der Waals surface area contributed by atoms with Crippen molar-refractivity contribution in [2.24, 2.45) is 0 Å². The molecule has 0 aliphatic heterocycles. The highest BCUT2D eigenvalue weighted by Gasteiger charge is 2.35. The Balaban J connectivity index is 1.94. The molecule has 154 valence electrons. The lowest BCUT2D eigenvalue weighted by molar-refractivity contribution is -0.137. The molecule has 0 bridgehead atoms. The molecule has 0 spiro atoms. The van der Waals surface area contributed by atoms with E-state index in [0.29, 0.717) is 29.3 Å². The summed E-state index contributed by atoms with van der Waals surface area (Å²) in [6, 6.07) is 15.1. The standard InChI is InChI=1S/C21H18F3N5O/c1-3-30-17-10-6-15(7-11-17)27-19-18(21(22,23)24)13-26-20(28-19)29(2)16-8-4-14(12-25)5-9-16/h4-11,13H,3H2,1-2H3,(H,26,27,28). The third kappa shape index (κ3) is 4.78. The molecule has 3 aromatic rings. The summed E-state index contributed by atoms with van der Waals surface area (Å²) in [5.41, 5.74) is 0.544. The first-order valence-corrected chi connectivity index (χ1v) is 9.00. The zero-order chi connectivity index (χ0) is 21.7. The van der Waals surface area contributed by atoms with Gasteiger partial charge in [-0.1, -0.05) is 0 Å². The van der Waals surface area contributed by atoms with E-state index in [1.807, 2.05) is 13.0 Å². The molecule has 3 rings (SSSR count). The molecule has 1 heterocycles. The fourth-order valence-electron chi connectivity index (χ4n) is 2.65. The summed E-state index contributed by atoms with van der Waals surface area (Å²) < 4.78 is 45.8. The number of rotatable bonds is 6. The van der Waals surface area contributed by atoms with Crippen LogP contribution in [0, 0.1) is 11.3 Å². The van der Waals surface area contributed by atoms with Gasteiger partial charge < -0.3 is 15.0 Å². The average molecular weight is 413 g/mol. The summed E-state index contributed by atoms with van der Waals surface area (Å²) in [7, 11) is 1.63. The number of hydrogen-bond donors (Lipinski definition) is 1. The van der Waals surface area contributed by atoms with E-state index in [4.69, 9.17) is 10.00 Å². The largest absolute Gasteiger partial charge is 0.494 e. The van der Waals surface area contributed by atoms with Crippen molar-refractivity contribution in [2.75, 3.05) is 23.9 Å². The van der Waals surface area contributed by atoms with Crippen LogP contribution in [-0.2, 0) is 6.18 Å². The molecule has 6 nitrogen and oxygen atoms in total. The maximum Gasteiger partial charge on any atom is 0.421 e. The Morgan fingerprint density at radius 1 is 1.10 bits per heavy atom. The number of anilines is 4. The summed E-state index contributed by atoms with van der Waals surface area (Å²) in [6.07, 6.45) is -3.88.